The number of hydrogen-bond acceptors (Lipinski definition) is 5. The molecule has 0 saturated carbocycles. The first kappa shape index (κ1) is 13.3. The number of furan rings is 1. The molecular formula is C13H17N3O3. The molecule has 102 valence electrons. The molecule has 2 rings (SSSR count). The fourth-order valence-corrected chi connectivity index (χ4v) is 1.89. The monoisotopic (exact) mass is 263 g/mol. The molecule has 0 radical (unpaired) electrons. The highest BCUT2D eigenvalue weighted by molar-refractivity contribution is 5.95. The fourth-order valence-electron chi connectivity index (χ4n) is 1.89. The number of amides is 1. The summed E-state index contributed by atoms with van der Waals surface area (Å²) >= 11 is 0. The number of carbonyl (C=O) groups excluding carboxylic acids is 1. The summed E-state index contributed by atoms with van der Waals surface area (Å²) in [6, 6.07) is 1.43. The van der Waals surface area contributed by atoms with Gasteiger partial charge in [0.05, 0.1) is 5.56 Å². The van der Waals surface area contributed by atoms with Gasteiger partial charge in [0.25, 0.3) is 5.91 Å². The van der Waals surface area contributed by atoms with Crippen LogP contribution in [-0.2, 0) is 0 Å². The van der Waals surface area contributed by atoms with E-state index in [4.69, 9.17) is 8.94 Å². The number of nitrogens with zero attached hydrogens (tertiary/aromatic N) is 2. The van der Waals surface area contributed by atoms with E-state index in [-0.39, 0.29) is 11.9 Å². The summed E-state index contributed by atoms with van der Waals surface area (Å²) in [5, 5.41) is 6.60. The van der Waals surface area contributed by atoms with E-state index >= 15 is 0 Å². The standard InChI is InChI=1S/C13H17N3O3/c1-5-11(13-14-9(4)16-19-13)15-12(17)10-6-7(2)18-8(10)3/h6,11H,5H2,1-4H3,(H,15,17)/t11-/m1/s1. The number of aromatic nitrogens is 2. The summed E-state index contributed by atoms with van der Waals surface area (Å²) in [6.45, 7) is 7.26. The number of hydrogen-bond donors (Lipinski definition) is 1. The van der Waals surface area contributed by atoms with E-state index in [2.05, 4.69) is 15.5 Å². The molecule has 1 N–H and O–H groups in total. The maximum absolute atomic E-state index is 12.2. The molecule has 0 fully saturated rings. The summed E-state index contributed by atoms with van der Waals surface area (Å²) < 4.78 is 10.4. The van der Waals surface area contributed by atoms with Gasteiger partial charge in [-0.1, -0.05) is 12.1 Å². The predicted molar refractivity (Wildman–Crippen MR) is 67.7 cm³/mol. The minimum absolute atomic E-state index is 0.197. The molecule has 6 nitrogen and oxygen atoms in total. The van der Waals surface area contributed by atoms with Gasteiger partial charge in [0.15, 0.2) is 5.82 Å². The van der Waals surface area contributed by atoms with Crippen LogP contribution in [0.5, 0.6) is 0 Å². The third kappa shape index (κ3) is 2.83. The van der Waals surface area contributed by atoms with Gasteiger partial charge >= 0.3 is 0 Å². The van der Waals surface area contributed by atoms with Crippen LogP contribution in [0.4, 0.5) is 0 Å². The first-order valence-corrected chi connectivity index (χ1v) is 6.19. The van der Waals surface area contributed by atoms with Crippen LogP contribution in [0.3, 0.4) is 0 Å². The third-order valence-electron chi connectivity index (χ3n) is 2.84. The Kier molecular flexibility index (Phi) is 3.69. The summed E-state index contributed by atoms with van der Waals surface area (Å²) in [5.74, 6) is 2.09. The molecule has 1 amide bonds. The van der Waals surface area contributed by atoms with E-state index in [9.17, 15) is 4.79 Å². The van der Waals surface area contributed by atoms with Crippen LogP contribution in [0, 0.1) is 20.8 Å². The average molecular weight is 263 g/mol. The van der Waals surface area contributed by atoms with Crippen LogP contribution in [0.2, 0.25) is 0 Å². The van der Waals surface area contributed by atoms with Crippen molar-refractivity contribution in [1.82, 2.24) is 15.5 Å². The molecule has 0 aliphatic heterocycles. The quantitative estimate of drug-likeness (QED) is 0.916. The van der Waals surface area contributed by atoms with E-state index < -0.39 is 0 Å². The minimum atomic E-state index is -0.289. The van der Waals surface area contributed by atoms with Crippen molar-refractivity contribution in [2.24, 2.45) is 0 Å². The average Bonchev–Trinajstić information content (AvgIpc) is 2.92. The molecular weight excluding hydrogens is 246 g/mol. The Morgan fingerprint density at radius 2 is 2.16 bits per heavy atom. The van der Waals surface area contributed by atoms with Gasteiger partial charge < -0.3 is 14.3 Å². The first-order valence-electron chi connectivity index (χ1n) is 6.19. The van der Waals surface area contributed by atoms with Crippen molar-refractivity contribution in [3.63, 3.8) is 0 Å². The fraction of sp³-hybridized carbons (Fsp3) is 0.462. The molecule has 1 atom stereocenters. The second kappa shape index (κ2) is 5.26. The third-order valence-corrected chi connectivity index (χ3v) is 2.84. The second-order valence-electron chi connectivity index (χ2n) is 4.44. The molecule has 0 aliphatic carbocycles. The zero-order valence-electron chi connectivity index (χ0n) is 11.5. The Hall–Kier alpha value is -2.11. The maximum Gasteiger partial charge on any atom is 0.255 e. The van der Waals surface area contributed by atoms with Gasteiger partial charge in [0.1, 0.15) is 17.6 Å². The molecule has 2 aromatic heterocycles. The zero-order chi connectivity index (χ0) is 14.0. The number of nitrogens with one attached hydrogen (secondary N) is 1. The number of carbonyl (C=O) groups is 1. The van der Waals surface area contributed by atoms with Crippen LogP contribution >= 0.6 is 0 Å². The Balaban J connectivity index is 2.15. The van der Waals surface area contributed by atoms with Gasteiger partial charge in [-0.05, 0) is 33.3 Å². The Bertz CT molecular complexity index is 586. The second-order valence-corrected chi connectivity index (χ2v) is 4.44. The molecule has 0 unspecified atom stereocenters. The largest absolute Gasteiger partial charge is 0.466 e. The molecule has 0 spiro atoms. The van der Waals surface area contributed by atoms with E-state index in [0.717, 1.165) is 0 Å². The molecule has 0 saturated heterocycles. The van der Waals surface area contributed by atoms with Crippen molar-refractivity contribution in [3.05, 3.63) is 34.9 Å². The lowest BCUT2D eigenvalue weighted by Gasteiger charge is -2.12. The Morgan fingerprint density at radius 3 is 2.63 bits per heavy atom. The van der Waals surface area contributed by atoms with Gasteiger partial charge in [-0.15, -0.1) is 0 Å². The lowest BCUT2D eigenvalue weighted by Crippen LogP contribution is -2.28. The molecule has 0 bridgehead atoms. The van der Waals surface area contributed by atoms with Crippen LogP contribution in [0.15, 0.2) is 15.0 Å². The smallest absolute Gasteiger partial charge is 0.255 e. The van der Waals surface area contributed by atoms with Gasteiger partial charge in [-0.25, -0.2) is 0 Å². The van der Waals surface area contributed by atoms with E-state index in [0.29, 0.717) is 35.2 Å². The summed E-state index contributed by atoms with van der Waals surface area (Å²) in [7, 11) is 0. The van der Waals surface area contributed by atoms with Crippen molar-refractivity contribution < 1.29 is 13.7 Å². The van der Waals surface area contributed by atoms with Crippen molar-refractivity contribution in [2.45, 2.75) is 40.2 Å². The lowest BCUT2D eigenvalue weighted by molar-refractivity contribution is 0.0925. The molecule has 19 heavy (non-hydrogen) atoms. The molecule has 0 aliphatic rings. The number of rotatable bonds is 4. The zero-order valence-corrected chi connectivity index (χ0v) is 11.5. The summed E-state index contributed by atoms with van der Waals surface area (Å²) in [4.78, 5) is 16.3. The molecule has 6 heteroatoms. The van der Waals surface area contributed by atoms with Crippen molar-refractivity contribution in [2.75, 3.05) is 0 Å². The van der Waals surface area contributed by atoms with Gasteiger partial charge in [-0.3, -0.25) is 4.79 Å². The first-order chi connectivity index (χ1) is 9.01. The molecule has 2 aromatic rings. The summed E-state index contributed by atoms with van der Waals surface area (Å²) in [6.07, 6.45) is 0.670. The Morgan fingerprint density at radius 1 is 1.42 bits per heavy atom. The lowest BCUT2D eigenvalue weighted by atomic mass is 10.2. The van der Waals surface area contributed by atoms with Crippen LogP contribution in [-0.4, -0.2) is 16.0 Å². The van der Waals surface area contributed by atoms with Gasteiger partial charge in [0, 0.05) is 0 Å². The van der Waals surface area contributed by atoms with Gasteiger partial charge in [-0.2, -0.15) is 4.98 Å². The van der Waals surface area contributed by atoms with Crippen molar-refractivity contribution in [3.8, 4) is 0 Å². The summed E-state index contributed by atoms with van der Waals surface area (Å²) in [5.41, 5.74) is 0.534. The highest BCUT2D eigenvalue weighted by atomic mass is 16.5. The van der Waals surface area contributed by atoms with Crippen molar-refractivity contribution >= 4 is 5.91 Å². The number of aryl methyl sites for hydroxylation is 3. The predicted octanol–water partition coefficient (Wildman–Crippen LogP) is 2.47. The Labute approximate surface area is 111 Å². The minimum Gasteiger partial charge on any atom is -0.466 e. The van der Waals surface area contributed by atoms with E-state index in [1.807, 2.05) is 13.8 Å². The topological polar surface area (TPSA) is 81.2 Å². The van der Waals surface area contributed by atoms with E-state index in [1.54, 1.807) is 19.9 Å². The SMILES string of the molecule is CC[C@@H](NC(=O)c1cc(C)oc1C)c1nc(C)no1. The van der Waals surface area contributed by atoms with E-state index in [1.165, 1.54) is 0 Å². The van der Waals surface area contributed by atoms with Crippen LogP contribution < -0.4 is 5.32 Å². The molecule has 2 heterocycles. The normalized spacial score (nSPS) is 12.4. The van der Waals surface area contributed by atoms with Crippen LogP contribution in [0.25, 0.3) is 0 Å². The highest BCUT2D eigenvalue weighted by Crippen LogP contribution is 2.18. The maximum atomic E-state index is 12.2. The van der Waals surface area contributed by atoms with Gasteiger partial charge in [0.2, 0.25) is 5.89 Å². The molecule has 0 aromatic carbocycles. The highest BCUT2D eigenvalue weighted by Gasteiger charge is 2.21. The van der Waals surface area contributed by atoms with Crippen molar-refractivity contribution in [1.29, 1.82) is 0 Å². The van der Waals surface area contributed by atoms with Crippen LogP contribution in [0.1, 0.15) is 53.0 Å².